The number of aromatic nitrogens is 3. The molecule has 0 aliphatic heterocycles. The molecule has 9 heteroatoms. The first-order chi connectivity index (χ1) is 15.8. The summed E-state index contributed by atoms with van der Waals surface area (Å²) in [6, 6.07) is 12.3. The minimum Gasteiger partial charge on any atom is -0.342 e. The smallest absolute Gasteiger partial charge is 0.251 e. The van der Waals surface area contributed by atoms with Gasteiger partial charge in [-0.25, -0.2) is 0 Å². The van der Waals surface area contributed by atoms with Crippen molar-refractivity contribution in [3.8, 4) is 0 Å². The Morgan fingerprint density at radius 1 is 1.21 bits per heavy atom. The van der Waals surface area contributed by atoms with Crippen molar-refractivity contribution in [1.29, 1.82) is 0 Å². The van der Waals surface area contributed by atoms with Gasteiger partial charge in [-0.15, -0.1) is 16.8 Å². The topological polar surface area (TPSA) is 88.9 Å². The van der Waals surface area contributed by atoms with Gasteiger partial charge in [0.05, 0.1) is 11.8 Å². The Labute approximate surface area is 202 Å². The fraction of sp³-hybridized carbons (Fsp3) is 0.250. The van der Waals surface area contributed by atoms with E-state index in [2.05, 4.69) is 27.4 Å². The minimum absolute atomic E-state index is 0.154. The first-order valence-corrected chi connectivity index (χ1v) is 11.7. The minimum atomic E-state index is -0.384. The van der Waals surface area contributed by atoms with Crippen LogP contribution in [0.3, 0.4) is 0 Å². The number of halogens is 1. The van der Waals surface area contributed by atoms with Crippen molar-refractivity contribution < 1.29 is 9.59 Å². The highest BCUT2D eigenvalue weighted by molar-refractivity contribution is 7.99. The molecule has 1 aromatic heterocycles. The Bertz CT molecular complexity index is 1180. The molecule has 0 unspecified atom stereocenters. The Morgan fingerprint density at radius 3 is 2.70 bits per heavy atom. The van der Waals surface area contributed by atoms with Crippen LogP contribution in [0.2, 0.25) is 5.02 Å². The molecule has 0 fully saturated rings. The van der Waals surface area contributed by atoms with Crippen molar-refractivity contribution in [3.05, 3.63) is 82.7 Å². The van der Waals surface area contributed by atoms with Gasteiger partial charge in [0.25, 0.3) is 5.91 Å². The fourth-order valence-electron chi connectivity index (χ4n) is 3.24. The van der Waals surface area contributed by atoms with Crippen LogP contribution in [0.1, 0.15) is 40.3 Å². The molecule has 3 rings (SSSR count). The average Bonchev–Trinajstić information content (AvgIpc) is 3.17. The van der Waals surface area contributed by atoms with E-state index in [1.807, 2.05) is 43.5 Å². The van der Waals surface area contributed by atoms with E-state index in [0.29, 0.717) is 33.8 Å². The van der Waals surface area contributed by atoms with E-state index >= 15 is 0 Å². The summed E-state index contributed by atoms with van der Waals surface area (Å²) in [4.78, 5) is 25.1. The number of nitrogens with one attached hydrogen (secondary N) is 2. The summed E-state index contributed by atoms with van der Waals surface area (Å²) in [5.74, 6) is 0.390. The summed E-state index contributed by atoms with van der Waals surface area (Å²) in [7, 11) is 0. The van der Waals surface area contributed by atoms with E-state index in [9.17, 15) is 9.59 Å². The molecule has 2 aromatic carbocycles. The second-order valence-electron chi connectivity index (χ2n) is 7.60. The van der Waals surface area contributed by atoms with Gasteiger partial charge < -0.3 is 15.2 Å². The molecule has 0 radical (unpaired) electrons. The molecule has 0 spiro atoms. The number of nitrogens with zero attached hydrogens (tertiary/aromatic N) is 3. The number of hydrogen-bond acceptors (Lipinski definition) is 5. The van der Waals surface area contributed by atoms with Crippen LogP contribution in [0, 0.1) is 13.8 Å². The number of allylic oxidation sites excluding steroid dienone is 1. The number of hydrogen-bond donors (Lipinski definition) is 2. The van der Waals surface area contributed by atoms with E-state index in [-0.39, 0.29) is 23.6 Å². The van der Waals surface area contributed by atoms with Crippen molar-refractivity contribution >= 4 is 40.9 Å². The maximum absolute atomic E-state index is 12.6. The monoisotopic (exact) mass is 483 g/mol. The summed E-state index contributed by atoms with van der Waals surface area (Å²) < 4.78 is 1.85. The molecule has 2 N–H and O–H groups in total. The molecule has 1 atom stereocenters. The molecule has 172 valence electrons. The van der Waals surface area contributed by atoms with Gasteiger partial charge in [0.2, 0.25) is 5.91 Å². The lowest BCUT2D eigenvalue weighted by Gasteiger charge is -2.15. The second-order valence-corrected chi connectivity index (χ2v) is 8.98. The number of carbonyl (C=O) groups excluding carboxylic acids is 2. The first kappa shape index (κ1) is 24.5. The summed E-state index contributed by atoms with van der Waals surface area (Å²) in [6.45, 7) is 9.92. The molecule has 7 nitrogen and oxygen atoms in total. The van der Waals surface area contributed by atoms with E-state index in [0.717, 1.165) is 11.1 Å². The number of amides is 2. The summed E-state index contributed by atoms with van der Waals surface area (Å²) in [5.41, 5.74) is 3.19. The van der Waals surface area contributed by atoms with E-state index in [1.165, 1.54) is 11.8 Å². The standard InChI is InChI=1S/C24H26ClN5O2S/c1-5-11-30-22(17(4)26-23(32)18-8-6-7-15(2)12-18)28-29-24(30)33-14-21(31)27-20-10-9-19(25)13-16(20)3/h5-10,12-13,17H,1,11,14H2,2-4H3,(H,26,32)(H,27,31)/t17-/m1/s1. The number of benzene rings is 2. The van der Waals surface area contributed by atoms with Gasteiger partial charge >= 0.3 is 0 Å². The molecular formula is C24H26ClN5O2S. The zero-order valence-corrected chi connectivity index (χ0v) is 20.3. The third-order valence-electron chi connectivity index (χ3n) is 4.87. The van der Waals surface area contributed by atoms with Crippen molar-refractivity contribution in [2.75, 3.05) is 11.1 Å². The SMILES string of the molecule is C=CCn1c(SCC(=O)Nc2ccc(Cl)cc2C)nnc1[C@@H](C)NC(=O)c1cccc(C)c1. The highest BCUT2D eigenvalue weighted by atomic mass is 35.5. The van der Waals surface area contributed by atoms with Crippen molar-refractivity contribution in [2.24, 2.45) is 0 Å². The van der Waals surface area contributed by atoms with Gasteiger partial charge in [0, 0.05) is 22.8 Å². The number of thioether (sulfide) groups is 1. The van der Waals surface area contributed by atoms with Crippen molar-refractivity contribution in [3.63, 3.8) is 0 Å². The van der Waals surface area contributed by atoms with Gasteiger partial charge in [-0.1, -0.05) is 47.1 Å². The lowest BCUT2D eigenvalue weighted by Crippen LogP contribution is -2.29. The summed E-state index contributed by atoms with van der Waals surface area (Å²) >= 11 is 7.24. The third kappa shape index (κ3) is 6.46. The zero-order chi connectivity index (χ0) is 24.0. The molecule has 2 amide bonds. The molecular weight excluding hydrogens is 458 g/mol. The largest absolute Gasteiger partial charge is 0.342 e. The van der Waals surface area contributed by atoms with Crippen LogP contribution in [-0.2, 0) is 11.3 Å². The van der Waals surface area contributed by atoms with Crippen molar-refractivity contribution in [1.82, 2.24) is 20.1 Å². The van der Waals surface area contributed by atoms with Gasteiger partial charge in [-0.3, -0.25) is 9.59 Å². The Morgan fingerprint density at radius 2 is 2.00 bits per heavy atom. The number of rotatable bonds is 9. The van der Waals surface area contributed by atoms with Gasteiger partial charge in [0.1, 0.15) is 0 Å². The Kier molecular flexibility index (Phi) is 8.30. The summed E-state index contributed by atoms with van der Waals surface area (Å²) in [5, 5.41) is 15.5. The van der Waals surface area contributed by atoms with Crippen LogP contribution >= 0.6 is 23.4 Å². The average molecular weight is 484 g/mol. The molecule has 0 aliphatic carbocycles. The van der Waals surface area contributed by atoms with E-state index in [4.69, 9.17) is 11.6 Å². The zero-order valence-electron chi connectivity index (χ0n) is 18.8. The van der Waals surface area contributed by atoms with Crippen LogP contribution < -0.4 is 10.6 Å². The normalized spacial score (nSPS) is 11.6. The predicted octanol–water partition coefficient (Wildman–Crippen LogP) is 4.96. The molecule has 0 bridgehead atoms. The molecule has 0 saturated heterocycles. The molecule has 3 aromatic rings. The molecule has 0 aliphatic rings. The molecule has 33 heavy (non-hydrogen) atoms. The van der Waals surface area contributed by atoms with Crippen molar-refractivity contribution in [2.45, 2.75) is 38.5 Å². The predicted molar refractivity (Wildman–Crippen MR) is 133 cm³/mol. The maximum Gasteiger partial charge on any atom is 0.251 e. The van der Waals surface area contributed by atoms with Gasteiger partial charge in [0.15, 0.2) is 11.0 Å². The molecule has 1 heterocycles. The number of carbonyl (C=O) groups is 2. The quantitative estimate of drug-likeness (QED) is 0.332. The fourth-order valence-corrected chi connectivity index (χ4v) is 4.22. The lowest BCUT2D eigenvalue weighted by molar-refractivity contribution is -0.113. The maximum atomic E-state index is 12.6. The second kappa shape index (κ2) is 11.2. The molecule has 0 saturated carbocycles. The van der Waals surface area contributed by atoms with Crippen LogP contribution in [-0.4, -0.2) is 32.3 Å². The van der Waals surface area contributed by atoms with Crippen LogP contribution in [0.5, 0.6) is 0 Å². The lowest BCUT2D eigenvalue weighted by atomic mass is 10.1. The van der Waals surface area contributed by atoms with Gasteiger partial charge in [-0.05, 0) is 56.7 Å². The number of anilines is 1. The van der Waals surface area contributed by atoms with E-state index < -0.39 is 0 Å². The van der Waals surface area contributed by atoms with E-state index in [1.54, 1.807) is 30.3 Å². The van der Waals surface area contributed by atoms with Crippen LogP contribution in [0.25, 0.3) is 0 Å². The van der Waals surface area contributed by atoms with Gasteiger partial charge in [-0.2, -0.15) is 0 Å². The third-order valence-corrected chi connectivity index (χ3v) is 6.07. The highest BCUT2D eigenvalue weighted by Crippen LogP contribution is 2.23. The first-order valence-electron chi connectivity index (χ1n) is 10.4. The highest BCUT2D eigenvalue weighted by Gasteiger charge is 2.20. The van der Waals surface area contributed by atoms with Crippen LogP contribution in [0.4, 0.5) is 5.69 Å². The summed E-state index contributed by atoms with van der Waals surface area (Å²) in [6.07, 6.45) is 1.73. The Balaban J connectivity index is 1.67. The number of aryl methyl sites for hydroxylation is 2. The Hall–Kier alpha value is -3.10. The van der Waals surface area contributed by atoms with Crippen LogP contribution in [0.15, 0.2) is 60.3 Å².